The third kappa shape index (κ3) is 3.45. The quantitative estimate of drug-likeness (QED) is 0.713. The van der Waals surface area contributed by atoms with Crippen LogP contribution in [0.3, 0.4) is 0 Å². The smallest absolute Gasteiger partial charge is 0.275 e. The number of nitrogens with one attached hydrogen (secondary N) is 2. The predicted molar refractivity (Wildman–Crippen MR) is 93.3 cm³/mol. The van der Waals surface area contributed by atoms with Crippen LogP contribution in [-0.4, -0.2) is 26.2 Å². The first-order valence-electron chi connectivity index (χ1n) is 7.95. The maximum Gasteiger partial charge on any atom is 0.275 e. The number of aromatic nitrogens is 3. The Labute approximate surface area is 145 Å². The lowest BCUT2D eigenvalue weighted by atomic mass is 10.1. The van der Waals surface area contributed by atoms with E-state index in [2.05, 4.69) is 16.0 Å². The molecule has 3 rings (SSSR count). The van der Waals surface area contributed by atoms with Gasteiger partial charge in [0, 0.05) is 25.0 Å². The number of hydrazine groups is 1. The number of carbonyl (C=O) groups is 2. The van der Waals surface area contributed by atoms with Gasteiger partial charge in [-0.25, -0.2) is 0 Å². The van der Waals surface area contributed by atoms with Crippen molar-refractivity contribution in [3.05, 3.63) is 71.7 Å². The number of rotatable bonds is 4. The van der Waals surface area contributed by atoms with Crippen LogP contribution in [0.2, 0.25) is 0 Å². The molecule has 2 N–H and O–H groups in total. The maximum absolute atomic E-state index is 12.4. The number of amides is 2. The summed E-state index contributed by atoms with van der Waals surface area (Å²) >= 11 is 0. The summed E-state index contributed by atoms with van der Waals surface area (Å²) in [6.45, 7) is 2.05. The van der Waals surface area contributed by atoms with Gasteiger partial charge in [0.1, 0.15) is 11.4 Å². The molecule has 128 valence electrons. The Kier molecular flexibility index (Phi) is 4.65. The van der Waals surface area contributed by atoms with E-state index in [4.69, 9.17) is 0 Å². The average molecular weight is 337 g/mol. The minimum Gasteiger partial charge on any atom is -0.308 e. The third-order valence-corrected chi connectivity index (χ3v) is 3.92. The van der Waals surface area contributed by atoms with Crippen LogP contribution < -0.4 is 10.9 Å². The van der Waals surface area contributed by atoms with Gasteiger partial charge < -0.3 is 4.57 Å². The zero-order valence-electron chi connectivity index (χ0n) is 14.1. The van der Waals surface area contributed by atoms with E-state index in [0.29, 0.717) is 16.9 Å². The number of hydrogen-bond donors (Lipinski definition) is 2. The molecule has 0 radical (unpaired) electrons. The normalized spacial score (nSPS) is 10.5. The molecular weight excluding hydrogens is 318 g/mol. The number of benzene rings is 1. The highest BCUT2D eigenvalue weighted by atomic mass is 16.2. The van der Waals surface area contributed by atoms with E-state index in [0.717, 1.165) is 12.0 Å². The fraction of sp³-hybridized carbons (Fsp3) is 0.167. The van der Waals surface area contributed by atoms with Crippen molar-refractivity contribution in [1.29, 1.82) is 0 Å². The fourth-order valence-electron chi connectivity index (χ4n) is 2.52. The van der Waals surface area contributed by atoms with Crippen molar-refractivity contribution in [3.8, 4) is 5.82 Å². The molecule has 7 heteroatoms. The summed E-state index contributed by atoms with van der Waals surface area (Å²) in [6.07, 6.45) is 6.01. The van der Waals surface area contributed by atoms with Gasteiger partial charge in [0.2, 0.25) is 0 Å². The lowest BCUT2D eigenvalue weighted by molar-refractivity contribution is 0.0846. The molecule has 0 aliphatic carbocycles. The van der Waals surface area contributed by atoms with E-state index in [1.165, 1.54) is 6.20 Å². The van der Waals surface area contributed by atoms with E-state index in [-0.39, 0.29) is 5.91 Å². The Morgan fingerprint density at radius 2 is 1.68 bits per heavy atom. The zero-order chi connectivity index (χ0) is 17.8. The molecule has 0 saturated carbocycles. The molecule has 2 amide bonds. The summed E-state index contributed by atoms with van der Waals surface area (Å²) < 4.78 is 3.38. The van der Waals surface area contributed by atoms with Gasteiger partial charge in [0.15, 0.2) is 0 Å². The summed E-state index contributed by atoms with van der Waals surface area (Å²) in [6, 6.07) is 11.0. The predicted octanol–water partition coefficient (Wildman–Crippen LogP) is 1.85. The van der Waals surface area contributed by atoms with Crippen LogP contribution in [0.5, 0.6) is 0 Å². The average Bonchev–Trinajstić information content (AvgIpc) is 3.28. The lowest BCUT2D eigenvalue weighted by Crippen LogP contribution is -2.41. The molecule has 2 aromatic heterocycles. The van der Waals surface area contributed by atoms with Crippen LogP contribution >= 0.6 is 0 Å². The number of hydrogen-bond acceptors (Lipinski definition) is 3. The second kappa shape index (κ2) is 7.04. The Morgan fingerprint density at radius 3 is 2.32 bits per heavy atom. The van der Waals surface area contributed by atoms with Gasteiger partial charge in [0.25, 0.3) is 11.8 Å². The zero-order valence-corrected chi connectivity index (χ0v) is 14.1. The molecular formula is C18H19N5O2. The second-order valence-electron chi connectivity index (χ2n) is 5.55. The van der Waals surface area contributed by atoms with Crippen LogP contribution in [0.1, 0.15) is 33.2 Å². The van der Waals surface area contributed by atoms with Crippen LogP contribution in [0.15, 0.2) is 55.0 Å². The highest BCUT2D eigenvalue weighted by Gasteiger charge is 2.18. The molecule has 0 spiro atoms. The summed E-state index contributed by atoms with van der Waals surface area (Å²) in [5.74, 6) is -0.193. The highest BCUT2D eigenvalue weighted by molar-refractivity contribution is 6.00. The Bertz CT molecular complexity index is 879. The van der Waals surface area contributed by atoms with Crippen molar-refractivity contribution in [3.63, 3.8) is 0 Å². The van der Waals surface area contributed by atoms with E-state index in [1.54, 1.807) is 28.4 Å². The fourth-order valence-corrected chi connectivity index (χ4v) is 2.52. The summed E-state index contributed by atoms with van der Waals surface area (Å²) in [4.78, 5) is 24.6. The first kappa shape index (κ1) is 16.5. The van der Waals surface area contributed by atoms with Gasteiger partial charge in [-0.2, -0.15) is 5.10 Å². The number of carbonyl (C=O) groups excluding carboxylic acids is 2. The van der Waals surface area contributed by atoms with Gasteiger partial charge >= 0.3 is 0 Å². The molecule has 0 atom stereocenters. The van der Waals surface area contributed by atoms with Crippen LogP contribution in [-0.2, 0) is 13.5 Å². The molecule has 0 saturated heterocycles. The second-order valence-corrected chi connectivity index (χ2v) is 5.55. The van der Waals surface area contributed by atoms with Crippen molar-refractivity contribution in [1.82, 2.24) is 25.2 Å². The molecule has 1 aromatic carbocycles. The molecule has 0 aliphatic heterocycles. The topological polar surface area (TPSA) is 81.0 Å². The SMILES string of the molecule is CCc1ccc(C(=O)NNC(=O)c2cnn(C)c2-n2cccc2)cc1. The largest absolute Gasteiger partial charge is 0.308 e. The standard InChI is InChI=1S/C18H19N5O2/c1-3-13-6-8-14(9-7-13)16(24)20-21-17(25)15-12-19-22(2)18(15)23-10-4-5-11-23/h4-12H,3H2,1-2H3,(H,20,24)(H,21,25). The van der Waals surface area contributed by atoms with Gasteiger partial charge in [-0.3, -0.25) is 25.1 Å². The van der Waals surface area contributed by atoms with Crippen molar-refractivity contribution >= 4 is 11.8 Å². The van der Waals surface area contributed by atoms with Crippen LogP contribution in [0.4, 0.5) is 0 Å². The number of aryl methyl sites for hydroxylation is 2. The van der Waals surface area contributed by atoms with E-state index in [1.807, 2.05) is 43.6 Å². The summed E-state index contributed by atoms with van der Waals surface area (Å²) in [5, 5.41) is 4.12. The highest BCUT2D eigenvalue weighted by Crippen LogP contribution is 2.13. The van der Waals surface area contributed by atoms with E-state index in [9.17, 15) is 9.59 Å². The van der Waals surface area contributed by atoms with E-state index < -0.39 is 5.91 Å². The van der Waals surface area contributed by atoms with Gasteiger partial charge in [0.05, 0.1) is 6.20 Å². The Morgan fingerprint density at radius 1 is 1.04 bits per heavy atom. The van der Waals surface area contributed by atoms with Crippen molar-refractivity contribution in [2.75, 3.05) is 0 Å². The molecule has 2 heterocycles. The monoisotopic (exact) mass is 337 g/mol. The van der Waals surface area contributed by atoms with Crippen LogP contribution in [0.25, 0.3) is 5.82 Å². The molecule has 0 fully saturated rings. The Hall–Kier alpha value is -3.35. The third-order valence-electron chi connectivity index (χ3n) is 3.92. The first-order chi connectivity index (χ1) is 12.1. The molecule has 0 aliphatic rings. The Balaban J connectivity index is 1.70. The van der Waals surface area contributed by atoms with Gasteiger partial charge in [-0.1, -0.05) is 19.1 Å². The van der Waals surface area contributed by atoms with Crippen LogP contribution in [0, 0.1) is 0 Å². The summed E-state index contributed by atoms with van der Waals surface area (Å²) in [7, 11) is 1.75. The minimum atomic E-state index is -0.435. The lowest BCUT2D eigenvalue weighted by Gasteiger charge is -2.09. The van der Waals surface area contributed by atoms with Crippen molar-refractivity contribution in [2.45, 2.75) is 13.3 Å². The molecule has 7 nitrogen and oxygen atoms in total. The van der Waals surface area contributed by atoms with E-state index >= 15 is 0 Å². The maximum atomic E-state index is 12.4. The molecule has 0 unspecified atom stereocenters. The minimum absolute atomic E-state index is 0.361. The van der Waals surface area contributed by atoms with Crippen molar-refractivity contribution < 1.29 is 9.59 Å². The molecule has 3 aromatic rings. The molecule has 25 heavy (non-hydrogen) atoms. The van der Waals surface area contributed by atoms with Gasteiger partial charge in [-0.15, -0.1) is 0 Å². The molecule has 0 bridgehead atoms. The van der Waals surface area contributed by atoms with Gasteiger partial charge in [-0.05, 0) is 36.2 Å². The first-order valence-corrected chi connectivity index (χ1v) is 7.95. The van der Waals surface area contributed by atoms with Crippen molar-refractivity contribution in [2.24, 2.45) is 7.05 Å². The summed E-state index contributed by atoms with van der Waals surface area (Å²) in [5.41, 5.74) is 6.86. The number of nitrogens with zero attached hydrogens (tertiary/aromatic N) is 3.